The molecule has 0 spiro atoms. The second-order valence-corrected chi connectivity index (χ2v) is 5.88. The summed E-state index contributed by atoms with van der Waals surface area (Å²) in [6, 6.07) is 2.96. The summed E-state index contributed by atoms with van der Waals surface area (Å²) in [5, 5.41) is 12.5. The molecule has 0 amide bonds. The van der Waals surface area contributed by atoms with Gasteiger partial charge in [0.2, 0.25) is 0 Å². The molecule has 0 aliphatic heterocycles. The minimum Gasteiger partial charge on any atom is -0.312 e. The van der Waals surface area contributed by atoms with Crippen molar-refractivity contribution in [1.82, 2.24) is 5.32 Å². The lowest BCUT2D eigenvalue weighted by Crippen LogP contribution is -2.43. The van der Waals surface area contributed by atoms with Crippen LogP contribution in [0.15, 0.2) is 0 Å². The third-order valence-electron chi connectivity index (χ3n) is 3.57. The molecule has 1 fully saturated rings. The molecule has 3 unspecified atom stereocenters. The first-order chi connectivity index (χ1) is 6.94. The minimum absolute atomic E-state index is 0.236. The van der Waals surface area contributed by atoms with E-state index in [0.29, 0.717) is 6.04 Å². The second kappa shape index (κ2) is 4.99. The zero-order valence-electron chi connectivity index (χ0n) is 10.5. The summed E-state index contributed by atoms with van der Waals surface area (Å²) < 4.78 is 0. The van der Waals surface area contributed by atoms with E-state index >= 15 is 0 Å². The molecule has 15 heavy (non-hydrogen) atoms. The zero-order valence-corrected chi connectivity index (χ0v) is 10.5. The van der Waals surface area contributed by atoms with Gasteiger partial charge in [0.25, 0.3) is 0 Å². The van der Waals surface area contributed by atoms with E-state index in [-0.39, 0.29) is 5.41 Å². The molecule has 1 rings (SSSR count). The average molecular weight is 208 g/mol. The maximum absolute atomic E-state index is 8.95. The molecular formula is C13H24N2. The van der Waals surface area contributed by atoms with Crippen molar-refractivity contribution >= 4 is 0 Å². The molecule has 2 nitrogen and oxygen atoms in total. The maximum Gasteiger partial charge on any atom is 0.0697 e. The minimum atomic E-state index is -0.236. The maximum atomic E-state index is 8.95. The zero-order chi connectivity index (χ0) is 11.5. The highest BCUT2D eigenvalue weighted by Gasteiger charge is 2.27. The fourth-order valence-electron chi connectivity index (χ4n) is 2.24. The second-order valence-electron chi connectivity index (χ2n) is 5.88. The monoisotopic (exact) mass is 208 g/mol. The fraction of sp³-hybridized carbons (Fsp3) is 0.923. The van der Waals surface area contributed by atoms with E-state index in [1.807, 2.05) is 13.8 Å². The van der Waals surface area contributed by atoms with Crippen LogP contribution >= 0.6 is 0 Å². The highest BCUT2D eigenvalue weighted by molar-refractivity contribution is 4.95. The summed E-state index contributed by atoms with van der Waals surface area (Å²) in [6.45, 7) is 9.46. The molecule has 0 saturated heterocycles. The molecular weight excluding hydrogens is 184 g/mol. The van der Waals surface area contributed by atoms with E-state index < -0.39 is 0 Å². The summed E-state index contributed by atoms with van der Waals surface area (Å²) >= 11 is 0. The van der Waals surface area contributed by atoms with Gasteiger partial charge in [-0.05, 0) is 38.5 Å². The SMILES string of the molecule is CC1CCC(C)C(NCC(C)(C)C#N)C1. The first kappa shape index (κ1) is 12.5. The molecule has 2 heteroatoms. The molecule has 86 valence electrons. The number of nitriles is 1. The summed E-state index contributed by atoms with van der Waals surface area (Å²) in [5.74, 6) is 1.60. The highest BCUT2D eigenvalue weighted by Crippen LogP contribution is 2.28. The van der Waals surface area contributed by atoms with Crippen LogP contribution in [-0.2, 0) is 0 Å². The molecule has 1 N–H and O–H groups in total. The van der Waals surface area contributed by atoms with Crippen LogP contribution in [0, 0.1) is 28.6 Å². The number of nitrogens with one attached hydrogen (secondary N) is 1. The van der Waals surface area contributed by atoms with Crippen molar-refractivity contribution in [3.8, 4) is 6.07 Å². The van der Waals surface area contributed by atoms with Crippen molar-refractivity contribution in [3.05, 3.63) is 0 Å². The average Bonchev–Trinajstić information content (AvgIpc) is 2.20. The van der Waals surface area contributed by atoms with E-state index in [0.717, 1.165) is 18.4 Å². The van der Waals surface area contributed by atoms with Crippen LogP contribution in [0.5, 0.6) is 0 Å². The Bertz CT molecular complexity index is 239. The van der Waals surface area contributed by atoms with Gasteiger partial charge in [-0.25, -0.2) is 0 Å². The van der Waals surface area contributed by atoms with Crippen LogP contribution in [0.3, 0.4) is 0 Å². The van der Waals surface area contributed by atoms with E-state index in [4.69, 9.17) is 5.26 Å². The smallest absolute Gasteiger partial charge is 0.0697 e. The van der Waals surface area contributed by atoms with Crippen molar-refractivity contribution in [3.63, 3.8) is 0 Å². The number of hydrogen-bond donors (Lipinski definition) is 1. The standard InChI is InChI=1S/C13H24N2/c1-10-5-6-11(2)12(7-10)15-9-13(3,4)8-14/h10-12,15H,5-7,9H2,1-4H3. The van der Waals surface area contributed by atoms with Gasteiger partial charge in [0.1, 0.15) is 0 Å². The van der Waals surface area contributed by atoms with Gasteiger partial charge in [0, 0.05) is 12.6 Å². The van der Waals surface area contributed by atoms with Crippen LogP contribution in [0.4, 0.5) is 0 Å². The van der Waals surface area contributed by atoms with Gasteiger partial charge in [-0.2, -0.15) is 5.26 Å². The summed E-state index contributed by atoms with van der Waals surface area (Å²) in [7, 11) is 0. The fourth-order valence-corrected chi connectivity index (χ4v) is 2.24. The molecule has 1 saturated carbocycles. The number of hydrogen-bond acceptors (Lipinski definition) is 2. The Kier molecular flexibility index (Phi) is 4.16. The summed E-state index contributed by atoms with van der Waals surface area (Å²) in [4.78, 5) is 0. The Balaban J connectivity index is 2.40. The van der Waals surface area contributed by atoms with Gasteiger partial charge < -0.3 is 5.32 Å². The van der Waals surface area contributed by atoms with Crippen LogP contribution in [0.1, 0.15) is 47.0 Å². The molecule has 0 bridgehead atoms. The highest BCUT2D eigenvalue weighted by atomic mass is 14.9. The Morgan fingerprint density at radius 1 is 1.33 bits per heavy atom. The summed E-state index contributed by atoms with van der Waals surface area (Å²) in [6.07, 6.45) is 3.95. The van der Waals surface area contributed by atoms with Gasteiger partial charge in [0.05, 0.1) is 11.5 Å². The third kappa shape index (κ3) is 3.83. The lowest BCUT2D eigenvalue weighted by Gasteiger charge is -2.34. The van der Waals surface area contributed by atoms with Crippen molar-refractivity contribution in [2.75, 3.05) is 6.54 Å². The molecule has 0 aromatic carbocycles. The van der Waals surface area contributed by atoms with E-state index in [1.165, 1.54) is 19.3 Å². The van der Waals surface area contributed by atoms with E-state index in [1.54, 1.807) is 0 Å². The predicted octanol–water partition coefficient (Wildman–Crippen LogP) is 2.95. The molecule has 0 heterocycles. The molecule has 0 aromatic rings. The lowest BCUT2D eigenvalue weighted by atomic mass is 9.79. The van der Waals surface area contributed by atoms with Crippen molar-refractivity contribution in [2.45, 2.75) is 53.0 Å². The molecule has 0 radical (unpaired) electrons. The topological polar surface area (TPSA) is 35.8 Å². The first-order valence-electron chi connectivity index (χ1n) is 6.09. The number of rotatable bonds is 3. The number of nitrogens with zero attached hydrogens (tertiary/aromatic N) is 1. The van der Waals surface area contributed by atoms with Gasteiger partial charge >= 0.3 is 0 Å². The van der Waals surface area contributed by atoms with Crippen molar-refractivity contribution < 1.29 is 0 Å². The Labute approximate surface area is 94.1 Å². The van der Waals surface area contributed by atoms with Crippen LogP contribution in [-0.4, -0.2) is 12.6 Å². The Morgan fingerprint density at radius 2 is 2.00 bits per heavy atom. The van der Waals surface area contributed by atoms with E-state index in [2.05, 4.69) is 25.2 Å². The van der Waals surface area contributed by atoms with Gasteiger partial charge in [-0.15, -0.1) is 0 Å². The quantitative estimate of drug-likeness (QED) is 0.774. The largest absolute Gasteiger partial charge is 0.312 e. The van der Waals surface area contributed by atoms with Gasteiger partial charge in [-0.3, -0.25) is 0 Å². The predicted molar refractivity (Wildman–Crippen MR) is 63.4 cm³/mol. The lowest BCUT2D eigenvalue weighted by molar-refractivity contribution is 0.217. The third-order valence-corrected chi connectivity index (χ3v) is 3.57. The van der Waals surface area contributed by atoms with Crippen LogP contribution in [0.25, 0.3) is 0 Å². The van der Waals surface area contributed by atoms with E-state index in [9.17, 15) is 0 Å². The molecule has 1 aliphatic carbocycles. The summed E-state index contributed by atoms with van der Waals surface area (Å²) in [5.41, 5.74) is -0.236. The molecule has 0 aromatic heterocycles. The van der Waals surface area contributed by atoms with Crippen LogP contribution in [0.2, 0.25) is 0 Å². The van der Waals surface area contributed by atoms with Crippen LogP contribution < -0.4 is 5.32 Å². The van der Waals surface area contributed by atoms with Gasteiger partial charge in [-0.1, -0.05) is 20.3 Å². The van der Waals surface area contributed by atoms with Gasteiger partial charge in [0.15, 0.2) is 0 Å². The first-order valence-corrected chi connectivity index (χ1v) is 6.09. The Hall–Kier alpha value is -0.550. The van der Waals surface area contributed by atoms with Crippen molar-refractivity contribution in [2.24, 2.45) is 17.3 Å². The van der Waals surface area contributed by atoms with Crippen molar-refractivity contribution in [1.29, 1.82) is 5.26 Å². The normalized spacial score (nSPS) is 32.3. The molecule has 3 atom stereocenters. The Morgan fingerprint density at radius 3 is 2.60 bits per heavy atom. The molecule has 1 aliphatic rings.